The Kier molecular flexibility index (Phi) is 9.44. The van der Waals surface area contributed by atoms with E-state index in [0.717, 1.165) is 35.4 Å². The zero-order valence-corrected chi connectivity index (χ0v) is 25.1. The maximum absolute atomic E-state index is 14.2. The maximum Gasteiger partial charge on any atom is 0.228 e. The third kappa shape index (κ3) is 6.77. The monoisotopic (exact) mass is 606 g/mol. The van der Waals surface area contributed by atoms with Crippen LogP contribution in [0, 0.1) is 11.2 Å². The van der Waals surface area contributed by atoms with Gasteiger partial charge in [-0.05, 0) is 68.7 Å². The summed E-state index contributed by atoms with van der Waals surface area (Å²) in [6.07, 6.45) is 12.8. The lowest BCUT2D eigenvalue weighted by Gasteiger charge is -2.39. The molecule has 0 bridgehead atoms. The first kappa shape index (κ1) is 30.0. The Morgan fingerprint density at radius 3 is 2.74 bits per heavy atom. The first-order valence-corrected chi connectivity index (χ1v) is 14.8. The van der Waals surface area contributed by atoms with Gasteiger partial charge in [0.2, 0.25) is 5.91 Å². The number of amides is 1. The second kappa shape index (κ2) is 13.2. The molecule has 218 valence electrons. The van der Waals surface area contributed by atoms with Crippen LogP contribution in [-0.2, 0) is 16.0 Å². The third-order valence-corrected chi connectivity index (χ3v) is 8.56. The molecule has 3 aliphatic rings. The fourth-order valence-electron chi connectivity index (χ4n) is 5.51. The Morgan fingerprint density at radius 2 is 2.00 bits per heavy atom. The zero-order valence-electron chi connectivity index (χ0n) is 23.6. The molecule has 1 N–H and O–H groups in total. The molecule has 1 fully saturated rings. The number of aromatic nitrogens is 1. The Bertz CT molecular complexity index is 1520. The van der Waals surface area contributed by atoms with Gasteiger partial charge in [-0.1, -0.05) is 47.2 Å². The fraction of sp³-hybridized carbons (Fsp3) is 0.333. The number of benzene rings is 1. The number of halogens is 3. The Balaban J connectivity index is 1.29. The van der Waals surface area contributed by atoms with Gasteiger partial charge in [-0.25, -0.2) is 4.39 Å². The second-order valence-corrected chi connectivity index (χ2v) is 11.5. The molecule has 9 heteroatoms. The van der Waals surface area contributed by atoms with Gasteiger partial charge >= 0.3 is 0 Å². The Labute approximate surface area is 256 Å². The van der Waals surface area contributed by atoms with Crippen LogP contribution in [0.5, 0.6) is 0 Å². The van der Waals surface area contributed by atoms with Crippen molar-refractivity contribution in [2.24, 2.45) is 0 Å². The number of nitrogens with zero attached hydrogens (tertiary/aromatic N) is 3. The fourth-order valence-corrected chi connectivity index (χ4v) is 6.18. The summed E-state index contributed by atoms with van der Waals surface area (Å²) < 4.78 is 20.4. The van der Waals surface area contributed by atoms with E-state index in [1.54, 1.807) is 13.1 Å². The maximum atomic E-state index is 14.2. The van der Waals surface area contributed by atoms with Crippen molar-refractivity contribution in [2.75, 3.05) is 13.1 Å². The van der Waals surface area contributed by atoms with Crippen LogP contribution in [0.15, 0.2) is 89.6 Å². The van der Waals surface area contributed by atoms with Crippen LogP contribution in [0.2, 0.25) is 10.0 Å². The van der Waals surface area contributed by atoms with Crippen molar-refractivity contribution in [3.05, 3.63) is 117 Å². The Morgan fingerprint density at radius 1 is 1.21 bits per heavy atom. The Hall–Kier alpha value is -3.48. The van der Waals surface area contributed by atoms with Crippen molar-refractivity contribution in [2.45, 2.75) is 57.8 Å². The molecule has 1 amide bonds. The second-order valence-electron chi connectivity index (χ2n) is 10.7. The van der Waals surface area contributed by atoms with Crippen LogP contribution in [0.25, 0.3) is 0 Å². The molecule has 2 aliphatic heterocycles. The van der Waals surface area contributed by atoms with Gasteiger partial charge in [-0.2, -0.15) is 0 Å². The van der Waals surface area contributed by atoms with Crippen molar-refractivity contribution in [1.29, 1.82) is 5.41 Å². The molecule has 0 radical (unpaired) electrons. The van der Waals surface area contributed by atoms with Gasteiger partial charge in [0.25, 0.3) is 0 Å². The van der Waals surface area contributed by atoms with Gasteiger partial charge in [0, 0.05) is 65.5 Å². The largest absolute Gasteiger partial charge is 0.360 e. The number of hydrogen-bond acceptors (Lipinski definition) is 5. The summed E-state index contributed by atoms with van der Waals surface area (Å²) >= 11 is 12.6. The quantitative estimate of drug-likeness (QED) is 0.264. The number of rotatable bonds is 7. The molecule has 2 aromatic rings. The molecular formula is C33H33Cl2FN4O2. The first-order valence-electron chi connectivity index (χ1n) is 14.1. The van der Waals surface area contributed by atoms with Crippen LogP contribution in [0.1, 0.15) is 50.5 Å². The molecule has 3 heterocycles. The lowest BCUT2D eigenvalue weighted by Crippen LogP contribution is -2.45. The standard InChI is InChI=1S/C33H33Cl2FN4O2/c1-21-9-10-24(20-40(21)26-13-16-39(17-14-26)31(41)19-25-7-3-4-15-38-25)23-6-5-8-29(37)30(18-23)42-22(2)32-27(34)11-12-28(36)33(32)35/h3-7,10-12,15,18,20,22,26,30,37H,8,13-14,16-17,19H2,1-2H3. The van der Waals surface area contributed by atoms with Gasteiger partial charge in [0.15, 0.2) is 0 Å². The molecule has 0 spiro atoms. The van der Waals surface area contributed by atoms with E-state index in [9.17, 15) is 9.18 Å². The van der Waals surface area contributed by atoms with E-state index >= 15 is 0 Å². The molecule has 0 saturated carbocycles. The minimum atomic E-state index is -0.650. The molecule has 1 aromatic carbocycles. The van der Waals surface area contributed by atoms with E-state index in [1.165, 1.54) is 12.1 Å². The summed E-state index contributed by atoms with van der Waals surface area (Å²) in [5, 5.41) is 8.84. The summed E-state index contributed by atoms with van der Waals surface area (Å²) in [7, 11) is 0. The van der Waals surface area contributed by atoms with Crippen LogP contribution < -0.4 is 0 Å². The molecule has 5 rings (SSSR count). The predicted molar refractivity (Wildman–Crippen MR) is 164 cm³/mol. The summed E-state index contributed by atoms with van der Waals surface area (Å²) in [5.41, 5.74) is 7.78. The molecule has 42 heavy (non-hydrogen) atoms. The minimum Gasteiger partial charge on any atom is -0.360 e. The van der Waals surface area contributed by atoms with Gasteiger partial charge in [0.1, 0.15) is 11.9 Å². The van der Waals surface area contributed by atoms with E-state index in [1.807, 2.05) is 54.3 Å². The van der Waals surface area contributed by atoms with Crippen molar-refractivity contribution < 1.29 is 13.9 Å². The summed E-state index contributed by atoms with van der Waals surface area (Å²) in [5.74, 6) is -0.463. The molecular weight excluding hydrogens is 574 g/mol. The average molecular weight is 608 g/mol. The number of pyridine rings is 1. The SMILES string of the molecule is CC1=C=CC(C2=CC(OC(C)c3c(Cl)ccc(F)c3Cl)C(=N)CC=C2)=CN1C1CCN(C(=O)Cc2ccccn2)CC1. The van der Waals surface area contributed by atoms with Crippen molar-refractivity contribution in [3.63, 3.8) is 0 Å². The van der Waals surface area contributed by atoms with Gasteiger partial charge in [-0.15, -0.1) is 0 Å². The number of carbonyl (C=O) groups is 1. The molecule has 1 aliphatic carbocycles. The number of nitrogens with one attached hydrogen (secondary N) is 1. The van der Waals surface area contributed by atoms with E-state index in [4.69, 9.17) is 33.3 Å². The smallest absolute Gasteiger partial charge is 0.228 e. The van der Waals surface area contributed by atoms with E-state index in [-0.39, 0.29) is 17.0 Å². The normalized spacial score (nSPS) is 20.2. The zero-order chi connectivity index (χ0) is 29.8. The van der Waals surface area contributed by atoms with Crippen LogP contribution >= 0.6 is 23.2 Å². The molecule has 1 saturated heterocycles. The number of allylic oxidation sites excluding steroid dienone is 5. The number of likely N-dealkylation sites (tertiary alicyclic amines) is 1. The predicted octanol–water partition coefficient (Wildman–Crippen LogP) is 7.37. The summed E-state index contributed by atoms with van der Waals surface area (Å²) in [6.45, 7) is 5.17. The highest BCUT2D eigenvalue weighted by Crippen LogP contribution is 2.36. The van der Waals surface area contributed by atoms with E-state index in [0.29, 0.717) is 42.2 Å². The number of piperidine rings is 1. The summed E-state index contributed by atoms with van der Waals surface area (Å²) in [4.78, 5) is 21.3. The van der Waals surface area contributed by atoms with Crippen molar-refractivity contribution >= 4 is 34.8 Å². The molecule has 6 nitrogen and oxygen atoms in total. The van der Waals surface area contributed by atoms with E-state index in [2.05, 4.69) is 21.8 Å². The topological polar surface area (TPSA) is 69.5 Å². The molecule has 2 unspecified atom stereocenters. The van der Waals surface area contributed by atoms with Crippen molar-refractivity contribution in [1.82, 2.24) is 14.8 Å². The van der Waals surface area contributed by atoms with Crippen LogP contribution in [0.3, 0.4) is 0 Å². The molecule has 2 atom stereocenters. The number of carbonyl (C=O) groups excluding carboxylic acids is 1. The van der Waals surface area contributed by atoms with Crippen LogP contribution in [0.4, 0.5) is 4.39 Å². The first-order chi connectivity index (χ1) is 20.2. The van der Waals surface area contributed by atoms with Gasteiger partial charge in [-0.3, -0.25) is 9.78 Å². The summed E-state index contributed by atoms with van der Waals surface area (Å²) in [6, 6.07) is 8.55. The average Bonchev–Trinajstić information content (AvgIpc) is 3.17. The lowest BCUT2D eigenvalue weighted by molar-refractivity contribution is -0.131. The highest BCUT2D eigenvalue weighted by molar-refractivity contribution is 6.36. The highest BCUT2D eigenvalue weighted by Gasteiger charge is 2.29. The van der Waals surface area contributed by atoms with Gasteiger partial charge in [0.05, 0.1) is 23.2 Å². The van der Waals surface area contributed by atoms with Gasteiger partial charge < -0.3 is 19.9 Å². The third-order valence-electron chi connectivity index (χ3n) is 7.85. The number of ether oxygens (including phenoxy) is 1. The number of hydrogen-bond donors (Lipinski definition) is 1. The molecule has 1 aromatic heterocycles. The highest BCUT2D eigenvalue weighted by atomic mass is 35.5. The van der Waals surface area contributed by atoms with E-state index < -0.39 is 18.0 Å². The van der Waals surface area contributed by atoms with Crippen molar-refractivity contribution in [3.8, 4) is 0 Å². The lowest BCUT2D eigenvalue weighted by atomic mass is 9.98. The minimum absolute atomic E-state index is 0.0730. The van der Waals surface area contributed by atoms with Crippen LogP contribution in [-0.4, -0.2) is 51.6 Å².